The number of rotatable bonds is 4. The highest BCUT2D eigenvalue weighted by molar-refractivity contribution is 5.98. The van der Waals surface area contributed by atoms with E-state index in [1.165, 1.54) is 0 Å². The summed E-state index contributed by atoms with van der Waals surface area (Å²) in [5.41, 5.74) is 1.28. The van der Waals surface area contributed by atoms with Gasteiger partial charge in [-0.2, -0.15) is 0 Å². The van der Waals surface area contributed by atoms with E-state index >= 15 is 0 Å². The van der Waals surface area contributed by atoms with E-state index in [0.717, 1.165) is 25.1 Å². The average molecular weight is 359 g/mol. The number of morpholine rings is 1. The SMILES string of the molecule is CC(NC(=O)c1ccc(N2CCCCC2=O)cc1)C(=O)N1CCOCC1. The molecule has 7 heteroatoms. The van der Waals surface area contributed by atoms with Crippen molar-refractivity contribution in [2.45, 2.75) is 32.2 Å². The summed E-state index contributed by atoms with van der Waals surface area (Å²) in [6.45, 7) is 4.58. The van der Waals surface area contributed by atoms with Crippen molar-refractivity contribution in [3.8, 4) is 0 Å². The lowest BCUT2D eigenvalue weighted by Crippen LogP contribution is -2.50. The first-order chi connectivity index (χ1) is 12.6. The van der Waals surface area contributed by atoms with Crippen LogP contribution in [-0.4, -0.2) is 61.5 Å². The lowest BCUT2D eigenvalue weighted by molar-refractivity contribution is -0.136. The van der Waals surface area contributed by atoms with Crippen LogP contribution in [0, 0.1) is 0 Å². The van der Waals surface area contributed by atoms with Crippen LogP contribution in [0.5, 0.6) is 0 Å². The van der Waals surface area contributed by atoms with Crippen LogP contribution in [0.4, 0.5) is 5.69 Å². The Hall–Kier alpha value is -2.41. The van der Waals surface area contributed by atoms with Gasteiger partial charge in [0, 0.05) is 37.3 Å². The minimum absolute atomic E-state index is 0.0998. The van der Waals surface area contributed by atoms with E-state index < -0.39 is 6.04 Å². The third-order valence-electron chi connectivity index (χ3n) is 4.81. The Labute approximate surface area is 153 Å². The van der Waals surface area contributed by atoms with E-state index in [9.17, 15) is 14.4 Å². The molecular formula is C19H25N3O4. The maximum Gasteiger partial charge on any atom is 0.251 e. The Morgan fingerprint density at radius 3 is 2.42 bits per heavy atom. The first-order valence-corrected chi connectivity index (χ1v) is 9.14. The fourth-order valence-corrected chi connectivity index (χ4v) is 3.27. The van der Waals surface area contributed by atoms with Crippen LogP contribution < -0.4 is 10.2 Å². The standard InChI is InChI=1S/C19H25N3O4/c1-14(19(25)21-10-12-26-13-11-21)20-18(24)15-5-7-16(8-6-15)22-9-3-2-4-17(22)23/h5-8,14H,2-4,9-13H2,1H3,(H,20,24). The zero-order valence-corrected chi connectivity index (χ0v) is 15.1. The number of carbonyl (C=O) groups excluding carboxylic acids is 3. The molecule has 2 aliphatic heterocycles. The molecule has 1 atom stereocenters. The van der Waals surface area contributed by atoms with Crippen molar-refractivity contribution in [2.75, 3.05) is 37.7 Å². The Bertz CT molecular complexity index is 668. The van der Waals surface area contributed by atoms with Crippen LogP contribution in [0.2, 0.25) is 0 Å². The van der Waals surface area contributed by atoms with Crippen LogP contribution in [-0.2, 0) is 14.3 Å². The molecule has 3 amide bonds. The Morgan fingerprint density at radius 1 is 1.08 bits per heavy atom. The second-order valence-corrected chi connectivity index (χ2v) is 6.68. The van der Waals surface area contributed by atoms with Gasteiger partial charge in [0.25, 0.3) is 5.91 Å². The monoisotopic (exact) mass is 359 g/mol. The summed E-state index contributed by atoms with van der Waals surface area (Å²) in [5, 5.41) is 2.75. The molecule has 3 rings (SSSR count). The van der Waals surface area contributed by atoms with Crippen molar-refractivity contribution in [2.24, 2.45) is 0 Å². The summed E-state index contributed by atoms with van der Waals surface area (Å²) in [5.74, 6) is -0.272. The predicted molar refractivity (Wildman–Crippen MR) is 97.0 cm³/mol. The summed E-state index contributed by atoms with van der Waals surface area (Å²) >= 11 is 0. The molecule has 2 fully saturated rings. The molecule has 1 aromatic rings. The molecule has 2 aliphatic rings. The molecule has 7 nitrogen and oxygen atoms in total. The number of nitrogens with zero attached hydrogens (tertiary/aromatic N) is 2. The molecule has 26 heavy (non-hydrogen) atoms. The third kappa shape index (κ3) is 4.22. The van der Waals surface area contributed by atoms with E-state index in [4.69, 9.17) is 4.74 Å². The summed E-state index contributed by atoms with van der Waals surface area (Å²) < 4.78 is 5.24. The van der Waals surface area contributed by atoms with Gasteiger partial charge < -0.3 is 19.9 Å². The third-order valence-corrected chi connectivity index (χ3v) is 4.81. The van der Waals surface area contributed by atoms with Crippen LogP contribution in [0.15, 0.2) is 24.3 Å². The predicted octanol–water partition coefficient (Wildman–Crippen LogP) is 1.18. The fourth-order valence-electron chi connectivity index (χ4n) is 3.27. The topological polar surface area (TPSA) is 79.0 Å². The molecule has 140 valence electrons. The molecule has 0 spiro atoms. The van der Waals surface area contributed by atoms with E-state index in [-0.39, 0.29) is 17.7 Å². The van der Waals surface area contributed by atoms with E-state index in [1.54, 1.807) is 41.0 Å². The molecule has 1 aromatic carbocycles. The fraction of sp³-hybridized carbons (Fsp3) is 0.526. The summed E-state index contributed by atoms with van der Waals surface area (Å²) in [6.07, 6.45) is 2.50. The number of nitrogens with one attached hydrogen (secondary N) is 1. The van der Waals surface area contributed by atoms with E-state index in [2.05, 4.69) is 5.32 Å². The van der Waals surface area contributed by atoms with Gasteiger partial charge in [-0.15, -0.1) is 0 Å². The van der Waals surface area contributed by atoms with Gasteiger partial charge in [0.2, 0.25) is 11.8 Å². The molecule has 0 radical (unpaired) electrons. The number of hydrogen-bond donors (Lipinski definition) is 1. The number of benzene rings is 1. The first-order valence-electron chi connectivity index (χ1n) is 9.14. The van der Waals surface area contributed by atoms with Crippen molar-refractivity contribution in [3.05, 3.63) is 29.8 Å². The highest BCUT2D eigenvalue weighted by Gasteiger charge is 2.24. The molecule has 0 aromatic heterocycles. The van der Waals surface area contributed by atoms with Crippen LogP contribution >= 0.6 is 0 Å². The van der Waals surface area contributed by atoms with Gasteiger partial charge in [0.05, 0.1) is 13.2 Å². The zero-order valence-electron chi connectivity index (χ0n) is 15.1. The zero-order chi connectivity index (χ0) is 18.5. The number of carbonyl (C=O) groups is 3. The van der Waals surface area contributed by atoms with Crippen molar-refractivity contribution < 1.29 is 19.1 Å². The second-order valence-electron chi connectivity index (χ2n) is 6.68. The molecule has 0 bridgehead atoms. The Balaban J connectivity index is 1.59. The lowest BCUT2D eigenvalue weighted by Gasteiger charge is -2.29. The van der Waals surface area contributed by atoms with Crippen molar-refractivity contribution in [1.29, 1.82) is 0 Å². The maximum atomic E-state index is 12.4. The van der Waals surface area contributed by atoms with Gasteiger partial charge in [0.1, 0.15) is 6.04 Å². The molecule has 2 heterocycles. The van der Waals surface area contributed by atoms with Crippen LogP contribution in [0.3, 0.4) is 0 Å². The van der Waals surface area contributed by atoms with Gasteiger partial charge >= 0.3 is 0 Å². The van der Waals surface area contributed by atoms with Crippen molar-refractivity contribution in [1.82, 2.24) is 10.2 Å². The van der Waals surface area contributed by atoms with Crippen LogP contribution in [0.1, 0.15) is 36.5 Å². The van der Waals surface area contributed by atoms with Gasteiger partial charge in [0.15, 0.2) is 0 Å². The summed E-state index contributed by atoms with van der Waals surface area (Å²) in [6, 6.07) is 6.36. The van der Waals surface area contributed by atoms with Crippen LogP contribution in [0.25, 0.3) is 0 Å². The summed E-state index contributed by atoms with van der Waals surface area (Å²) in [7, 11) is 0. The van der Waals surface area contributed by atoms with Gasteiger partial charge in [-0.1, -0.05) is 0 Å². The second kappa shape index (κ2) is 8.31. The molecule has 1 N–H and O–H groups in total. The van der Waals surface area contributed by atoms with Gasteiger partial charge in [-0.3, -0.25) is 14.4 Å². The molecule has 0 aliphatic carbocycles. The first kappa shape index (κ1) is 18.4. The summed E-state index contributed by atoms with van der Waals surface area (Å²) in [4.78, 5) is 40.2. The number of anilines is 1. The normalized spacial score (nSPS) is 19.2. The lowest BCUT2D eigenvalue weighted by atomic mass is 10.1. The molecule has 0 saturated carbocycles. The quantitative estimate of drug-likeness (QED) is 0.876. The Kier molecular flexibility index (Phi) is 5.88. The number of amides is 3. The number of ether oxygens (including phenoxy) is 1. The largest absolute Gasteiger partial charge is 0.378 e. The number of piperidine rings is 1. The minimum atomic E-state index is -0.594. The highest BCUT2D eigenvalue weighted by Crippen LogP contribution is 2.21. The van der Waals surface area contributed by atoms with E-state index in [1.807, 2.05) is 0 Å². The molecule has 2 saturated heterocycles. The van der Waals surface area contributed by atoms with Crippen molar-refractivity contribution in [3.63, 3.8) is 0 Å². The average Bonchev–Trinajstić information content (AvgIpc) is 2.68. The van der Waals surface area contributed by atoms with E-state index in [0.29, 0.717) is 38.3 Å². The smallest absolute Gasteiger partial charge is 0.251 e. The molecule has 1 unspecified atom stereocenters. The Morgan fingerprint density at radius 2 is 1.77 bits per heavy atom. The number of hydrogen-bond acceptors (Lipinski definition) is 4. The van der Waals surface area contributed by atoms with Gasteiger partial charge in [-0.05, 0) is 44.0 Å². The highest BCUT2D eigenvalue weighted by atomic mass is 16.5. The van der Waals surface area contributed by atoms with Crippen molar-refractivity contribution >= 4 is 23.4 Å². The minimum Gasteiger partial charge on any atom is -0.378 e. The molecular weight excluding hydrogens is 334 g/mol. The van der Waals surface area contributed by atoms with Gasteiger partial charge in [-0.25, -0.2) is 0 Å². The maximum absolute atomic E-state index is 12.4.